The highest BCUT2D eigenvalue weighted by Crippen LogP contribution is 2.46. The predicted octanol–water partition coefficient (Wildman–Crippen LogP) is 6.77. The number of nitrogens with one attached hydrogen (secondary N) is 3. The number of ether oxygens (including phenoxy) is 1. The van der Waals surface area contributed by atoms with Gasteiger partial charge in [-0.05, 0) is 106 Å². The Kier molecular flexibility index (Phi) is 12.3. The molecule has 10 nitrogen and oxygen atoms in total. The largest absolute Gasteiger partial charge is 0.493 e. The first kappa shape index (κ1) is 38.6. The van der Waals surface area contributed by atoms with Gasteiger partial charge >= 0.3 is 12.2 Å². The number of carbonyl (C=O) groups is 3. The Morgan fingerprint density at radius 2 is 1.58 bits per heavy atom. The van der Waals surface area contributed by atoms with Gasteiger partial charge < -0.3 is 20.7 Å². The predicted molar refractivity (Wildman–Crippen MR) is 196 cm³/mol. The van der Waals surface area contributed by atoms with Crippen LogP contribution in [0.15, 0.2) is 71.7 Å². The maximum Gasteiger partial charge on any atom is 0.416 e. The van der Waals surface area contributed by atoms with Crippen LogP contribution in [0.25, 0.3) is 0 Å². The lowest BCUT2D eigenvalue weighted by atomic mass is 9.93. The number of halogens is 5. The van der Waals surface area contributed by atoms with Crippen LogP contribution in [0, 0.1) is 5.92 Å². The first-order chi connectivity index (χ1) is 25.5. The third-order valence-corrected chi connectivity index (χ3v) is 10.3. The van der Waals surface area contributed by atoms with Crippen LogP contribution in [0.4, 0.5) is 18.0 Å². The molecule has 4 amide bonds. The standard InChI is InChI=1S/C38H41Cl2F3N6O4/c1-2-53-31-20-26(38(41,42)43)9-14-30(31)35-47-33(23-5-10-27(39)11-6-23)34(24-7-12-28(40)13-8-24)49(35)37(52)48(29-15-18-44-19-16-29)32(50)22-46-36(51)25-4-3-17-45-21-25/h5-14,20,25,29,33-34,44-45H,2-4,15-19,21-22H2,1H3,(H,46,51). The summed E-state index contributed by atoms with van der Waals surface area (Å²) >= 11 is 12.6. The molecule has 53 heavy (non-hydrogen) atoms. The molecule has 3 heterocycles. The zero-order valence-corrected chi connectivity index (χ0v) is 30.6. The number of hydrogen-bond donors (Lipinski definition) is 3. The molecule has 0 aromatic heterocycles. The van der Waals surface area contributed by atoms with Crippen LogP contribution >= 0.6 is 23.2 Å². The summed E-state index contributed by atoms with van der Waals surface area (Å²) in [6.07, 6.45) is -2.24. The Balaban J connectivity index is 1.48. The number of nitrogens with zero attached hydrogens (tertiary/aromatic N) is 3. The molecule has 3 N–H and O–H groups in total. The first-order valence-corrected chi connectivity index (χ1v) is 18.5. The molecule has 3 aromatic carbocycles. The van der Waals surface area contributed by atoms with E-state index in [9.17, 15) is 22.8 Å². The highest BCUT2D eigenvalue weighted by atomic mass is 35.5. The van der Waals surface area contributed by atoms with Crippen LogP contribution < -0.4 is 20.7 Å². The molecular formula is C38H41Cl2F3N6O4. The molecule has 282 valence electrons. The fourth-order valence-electron chi connectivity index (χ4n) is 7.13. The van der Waals surface area contributed by atoms with Crippen molar-refractivity contribution in [3.8, 4) is 5.75 Å². The minimum absolute atomic E-state index is 0.0242. The van der Waals surface area contributed by atoms with Gasteiger partial charge in [0, 0.05) is 22.6 Å². The summed E-state index contributed by atoms with van der Waals surface area (Å²) in [4.78, 5) is 50.3. The lowest BCUT2D eigenvalue weighted by molar-refractivity contribution is -0.137. The summed E-state index contributed by atoms with van der Waals surface area (Å²) in [6, 6.07) is 13.9. The average Bonchev–Trinajstić information content (AvgIpc) is 3.55. The van der Waals surface area contributed by atoms with Gasteiger partial charge in [-0.25, -0.2) is 4.79 Å². The number of benzene rings is 3. The Bertz CT molecular complexity index is 1810. The maximum absolute atomic E-state index is 15.3. The molecule has 0 bridgehead atoms. The molecule has 2 saturated heterocycles. The van der Waals surface area contributed by atoms with Crippen LogP contribution in [0.2, 0.25) is 10.0 Å². The van der Waals surface area contributed by atoms with Gasteiger partial charge in [-0.2, -0.15) is 13.2 Å². The van der Waals surface area contributed by atoms with Crippen molar-refractivity contribution < 1.29 is 32.3 Å². The van der Waals surface area contributed by atoms with Gasteiger partial charge in [0.15, 0.2) is 0 Å². The molecule has 0 radical (unpaired) electrons. The minimum atomic E-state index is -4.66. The molecule has 3 aliphatic heterocycles. The number of aliphatic imine (C=N–C) groups is 1. The molecule has 3 aliphatic rings. The molecule has 3 unspecified atom stereocenters. The third kappa shape index (κ3) is 8.80. The van der Waals surface area contributed by atoms with Crippen LogP contribution in [0.3, 0.4) is 0 Å². The fraction of sp³-hybridized carbons (Fsp3) is 0.421. The van der Waals surface area contributed by atoms with Gasteiger partial charge in [-0.15, -0.1) is 0 Å². The molecule has 3 aromatic rings. The summed E-state index contributed by atoms with van der Waals surface area (Å²) in [7, 11) is 0. The van der Waals surface area contributed by atoms with Crippen molar-refractivity contribution in [3.05, 3.63) is 99.0 Å². The highest BCUT2D eigenvalue weighted by molar-refractivity contribution is 6.30. The zero-order chi connectivity index (χ0) is 37.7. The molecule has 0 spiro atoms. The van der Waals surface area contributed by atoms with Crippen molar-refractivity contribution in [3.63, 3.8) is 0 Å². The van der Waals surface area contributed by atoms with E-state index in [1.165, 1.54) is 15.9 Å². The Hall–Kier alpha value is -4.17. The van der Waals surface area contributed by atoms with Crippen molar-refractivity contribution in [2.75, 3.05) is 39.3 Å². The minimum Gasteiger partial charge on any atom is -0.493 e. The second-order valence-electron chi connectivity index (χ2n) is 13.2. The van der Waals surface area contributed by atoms with E-state index in [2.05, 4.69) is 16.0 Å². The van der Waals surface area contributed by atoms with Gasteiger partial charge in [0.25, 0.3) is 0 Å². The van der Waals surface area contributed by atoms with Crippen LogP contribution in [0.1, 0.15) is 66.9 Å². The van der Waals surface area contributed by atoms with E-state index >= 15 is 4.79 Å². The molecule has 2 fully saturated rings. The number of amides is 4. The SMILES string of the molecule is CCOc1cc(C(F)(F)F)ccc1C1=NC(c2ccc(Cl)cc2)C(c2ccc(Cl)cc2)N1C(=O)N(C(=O)CNC(=O)C1CCCNC1)C1CCNCC1. The summed E-state index contributed by atoms with van der Waals surface area (Å²) in [5.41, 5.74) is 0.488. The number of imide groups is 1. The van der Waals surface area contributed by atoms with Crippen molar-refractivity contribution in [1.82, 2.24) is 25.8 Å². The monoisotopic (exact) mass is 772 g/mol. The molecule has 0 saturated carbocycles. The topological polar surface area (TPSA) is 115 Å². The lowest BCUT2D eigenvalue weighted by Gasteiger charge is -2.38. The van der Waals surface area contributed by atoms with Crippen molar-refractivity contribution in [2.45, 2.75) is 56.9 Å². The summed E-state index contributed by atoms with van der Waals surface area (Å²) in [5, 5.41) is 10.1. The smallest absolute Gasteiger partial charge is 0.416 e. The van der Waals surface area contributed by atoms with E-state index in [-0.39, 0.29) is 35.6 Å². The van der Waals surface area contributed by atoms with E-state index in [4.69, 9.17) is 32.9 Å². The van der Waals surface area contributed by atoms with Crippen molar-refractivity contribution in [1.29, 1.82) is 0 Å². The Morgan fingerprint density at radius 3 is 2.19 bits per heavy atom. The first-order valence-electron chi connectivity index (χ1n) is 17.7. The second kappa shape index (κ2) is 16.9. The van der Waals surface area contributed by atoms with Gasteiger partial charge in [0.2, 0.25) is 11.8 Å². The molecule has 6 rings (SSSR count). The second-order valence-corrected chi connectivity index (χ2v) is 14.1. The number of amidine groups is 1. The molecular weight excluding hydrogens is 732 g/mol. The summed E-state index contributed by atoms with van der Waals surface area (Å²) in [6.45, 7) is 3.67. The molecule has 3 atom stereocenters. The third-order valence-electron chi connectivity index (χ3n) is 9.78. The van der Waals surface area contributed by atoms with Gasteiger partial charge in [0.05, 0.1) is 36.2 Å². The van der Waals surface area contributed by atoms with E-state index < -0.39 is 48.3 Å². The number of piperidine rings is 2. The Labute approximate surface area is 316 Å². The number of rotatable bonds is 9. The average molecular weight is 774 g/mol. The van der Waals surface area contributed by atoms with Gasteiger partial charge in [-0.1, -0.05) is 47.5 Å². The lowest BCUT2D eigenvalue weighted by Crippen LogP contribution is -2.57. The van der Waals surface area contributed by atoms with E-state index in [1.807, 2.05) is 0 Å². The van der Waals surface area contributed by atoms with E-state index in [0.29, 0.717) is 60.1 Å². The number of alkyl halides is 3. The zero-order valence-electron chi connectivity index (χ0n) is 29.1. The Morgan fingerprint density at radius 1 is 0.925 bits per heavy atom. The van der Waals surface area contributed by atoms with Crippen molar-refractivity contribution >= 4 is 46.9 Å². The highest BCUT2D eigenvalue weighted by Gasteiger charge is 2.47. The summed E-state index contributed by atoms with van der Waals surface area (Å²) < 4.78 is 47.6. The van der Waals surface area contributed by atoms with Gasteiger partial charge in [0.1, 0.15) is 17.6 Å². The maximum atomic E-state index is 15.3. The number of carbonyl (C=O) groups excluding carboxylic acids is 3. The van der Waals surface area contributed by atoms with E-state index in [0.717, 1.165) is 25.1 Å². The van der Waals surface area contributed by atoms with Crippen LogP contribution in [0.5, 0.6) is 5.75 Å². The van der Waals surface area contributed by atoms with Gasteiger partial charge in [-0.3, -0.25) is 24.4 Å². The van der Waals surface area contributed by atoms with Crippen LogP contribution in [-0.4, -0.2) is 78.9 Å². The van der Waals surface area contributed by atoms with Crippen molar-refractivity contribution in [2.24, 2.45) is 10.9 Å². The molecule has 0 aliphatic carbocycles. The van der Waals surface area contributed by atoms with Crippen LogP contribution in [-0.2, 0) is 15.8 Å². The molecule has 15 heteroatoms. The van der Waals surface area contributed by atoms with E-state index in [1.54, 1.807) is 55.5 Å². The quantitative estimate of drug-likeness (QED) is 0.221. The number of hydrogen-bond acceptors (Lipinski definition) is 7. The normalized spacial score (nSPS) is 20.8. The summed E-state index contributed by atoms with van der Waals surface area (Å²) in [5.74, 6) is -1.29. The number of urea groups is 1. The fourth-order valence-corrected chi connectivity index (χ4v) is 7.38.